The van der Waals surface area contributed by atoms with Crippen molar-refractivity contribution in [2.24, 2.45) is 5.73 Å². The van der Waals surface area contributed by atoms with E-state index in [0.717, 1.165) is 24.8 Å². The number of hydrogen-bond acceptors (Lipinski definition) is 2. The molecular formula is C12H18FNO. The average molecular weight is 211 g/mol. The Bertz CT molecular complexity index is 314. The molecule has 0 bridgehead atoms. The molecule has 2 N–H and O–H groups in total. The number of ether oxygens (including phenoxy) is 1. The summed E-state index contributed by atoms with van der Waals surface area (Å²) >= 11 is 0. The van der Waals surface area contributed by atoms with Crippen molar-refractivity contribution in [1.82, 2.24) is 0 Å². The van der Waals surface area contributed by atoms with E-state index in [9.17, 15) is 4.39 Å². The lowest BCUT2D eigenvalue weighted by Gasteiger charge is -2.12. The Morgan fingerprint density at radius 1 is 1.40 bits per heavy atom. The molecule has 0 heterocycles. The van der Waals surface area contributed by atoms with Crippen molar-refractivity contribution < 1.29 is 9.13 Å². The number of hydrogen-bond donors (Lipinski definition) is 1. The summed E-state index contributed by atoms with van der Waals surface area (Å²) in [4.78, 5) is 0. The summed E-state index contributed by atoms with van der Waals surface area (Å²) < 4.78 is 18.2. The van der Waals surface area contributed by atoms with Crippen molar-refractivity contribution in [3.63, 3.8) is 0 Å². The van der Waals surface area contributed by atoms with E-state index in [2.05, 4.69) is 6.92 Å². The van der Waals surface area contributed by atoms with E-state index in [1.54, 1.807) is 6.07 Å². The molecule has 0 aliphatic carbocycles. The highest BCUT2D eigenvalue weighted by molar-refractivity contribution is 5.31. The van der Waals surface area contributed by atoms with Crippen LogP contribution in [0.15, 0.2) is 18.2 Å². The fourth-order valence-corrected chi connectivity index (χ4v) is 1.51. The molecule has 84 valence electrons. The second kappa shape index (κ2) is 5.71. The molecule has 15 heavy (non-hydrogen) atoms. The van der Waals surface area contributed by atoms with Gasteiger partial charge in [-0.25, -0.2) is 4.39 Å². The van der Waals surface area contributed by atoms with Gasteiger partial charge in [-0.05, 0) is 24.1 Å². The Kier molecular flexibility index (Phi) is 4.56. The van der Waals surface area contributed by atoms with Crippen LogP contribution in [0.4, 0.5) is 4.39 Å². The predicted octanol–water partition coefficient (Wildman–Crippen LogP) is 3.02. The molecule has 1 atom stereocenters. The number of methoxy groups -OCH3 is 1. The molecular weight excluding hydrogens is 193 g/mol. The maximum Gasteiger partial charge on any atom is 0.127 e. The lowest BCUT2D eigenvalue weighted by molar-refractivity contribution is 0.409. The first-order valence-electron chi connectivity index (χ1n) is 5.27. The minimum absolute atomic E-state index is 0.102. The van der Waals surface area contributed by atoms with E-state index in [-0.39, 0.29) is 11.9 Å². The number of rotatable bonds is 5. The summed E-state index contributed by atoms with van der Waals surface area (Å²) in [6.45, 7) is 2.11. The third-order valence-corrected chi connectivity index (χ3v) is 2.43. The second-order valence-corrected chi connectivity index (χ2v) is 3.67. The Labute approximate surface area is 90.2 Å². The van der Waals surface area contributed by atoms with Crippen LogP contribution in [0.5, 0.6) is 5.75 Å². The molecule has 0 saturated heterocycles. The Balaban J connectivity index is 2.78. The molecule has 0 aromatic heterocycles. The van der Waals surface area contributed by atoms with Gasteiger partial charge in [-0.2, -0.15) is 0 Å². The van der Waals surface area contributed by atoms with Crippen molar-refractivity contribution in [3.8, 4) is 5.75 Å². The van der Waals surface area contributed by atoms with Crippen LogP contribution < -0.4 is 10.5 Å². The van der Waals surface area contributed by atoms with E-state index in [0.29, 0.717) is 5.75 Å². The molecule has 1 aromatic rings. The van der Waals surface area contributed by atoms with Gasteiger partial charge in [-0.1, -0.05) is 19.8 Å². The standard InChI is InChI=1S/C12H18FNO/c1-3-4-5-12(14)9-6-10(13)8-11(7-9)15-2/h6-8,12H,3-5,14H2,1-2H3/t12-/m0/s1. The number of nitrogens with two attached hydrogens (primary N) is 1. The molecule has 1 aromatic carbocycles. The molecule has 3 heteroatoms. The van der Waals surface area contributed by atoms with E-state index >= 15 is 0 Å². The van der Waals surface area contributed by atoms with Gasteiger partial charge in [0.25, 0.3) is 0 Å². The lowest BCUT2D eigenvalue weighted by atomic mass is 10.0. The van der Waals surface area contributed by atoms with Crippen LogP contribution in [0.3, 0.4) is 0 Å². The molecule has 0 aliphatic heterocycles. The van der Waals surface area contributed by atoms with E-state index in [1.165, 1.54) is 19.2 Å². The van der Waals surface area contributed by atoms with Crippen LogP contribution >= 0.6 is 0 Å². The largest absolute Gasteiger partial charge is 0.497 e. The summed E-state index contributed by atoms with van der Waals surface area (Å²) in [5.74, 6) is 0.230. The number of benzene rings is 1. The van der Waals surface area contributed by atoms with Crippen LogP contribution in [-0.2, 0) is 0 Å². The van der Waals surface area contributed by atoms with Crippen LogP contribution in [0, 0.1) is 5.82 Å². The van der Waals surface area contributed by atoms with Gasteiger partial charge in [0.2, 0.25) is 0 Å². The summed E-state index contributed by atoms with van der Waals surface area (Å²) in [7, 11) is 1.52. The predicted molar refractivity (Wildman–Crippen MR) is 59.4 cm³/mol. The normalized spacial score (nSPS) is 12.5. The molecule has 0 saturated carbocycles. The van der Waals surface area contributed by atoms with E-state index in [4.69, 9.17) is 10.5 Å². The summed E-state index contributed by atoms with van der Waals surface area (Å²) in [5.41, 5.74) is 6.76. The zero-order chi connectivity index (χ0) is 11.3. The van der Waals surface area contributed by atoms with Crippen molar-refractivity contribution >= 4 is 0 Å². The summed E-state index contributed by atoms with van der Waals surface area (Å²) in [6.07, 6.45) is 3.03. The van der Waals surface area contributed by atoms with Crippen LogP contribution in [-0.4, -0.2) is 7.11 Å². The lowest BCUT2D eigenvalue weighted by Crippen LogP contribution is -2.10. The molecule has 0 unspecified atom stereocenters. The van der Waals surface area contributed by atoms with Gasteiger partial charge in [-0.3, -0.25) is 0 Å². The van der Waals surface area contributed by atoms with Crippen LogP contribution in [0.25, 0.3) is 0 Å². The monoisotopic (exact) mass is 211 g/mol. The zero-order valence-electron chi connectivity index (χ0n) is 9.29. The highest BCUT2D eigenvalue weighted by Gasteiger charge is 2.08. The van der Waals surface area contributed by atoms with Gasteiger partial charge in [0.05, 0.1) is 7.11 Å². The first-order chi connectivity index (χ1) is 7.17. The first kappa shape index (κ1) is 12.0. The molecule has 1 rings (SSSR count). The number of unbranched alkanes of at least 4 members (excludes halogenated alkanes) is 1. The third kappa shape index (κ3) is 3.51. The highest BCUT2D eigenvalue weighted by Crippen LogP contribution is 2.23. The van der Waals surface area contributed by atoms with Gasteiger partial charge >= 0.3 is 0 Å². The van der Waals surface area contributed by atoms with Gasteiger partial charge in [-0.15, -0.1) is 0 Å². The smallest absolute Gasteiger partial charge is 0.127 e. The van der Waals surface area contributed by atoms with Crippen molar-refractivity contribution in [1.29, 1.82) is 0 Å². The molecule has 0 fully saturated rings. The molecule has 0 spiro atoms. The quantitative estimate of drug-likeness (QED) is 0.812. The zero-order valence-corrected chi connectivity index (χ0v) is 9.29. The molecule has 0 aliphatic rings. The minimum Gasteiger partial charge on any atom is -0.497 e. The van der Waals surface area contributed by atoms with Crippen molar-refractivity contribution in [2.45, 2.75) is 32.2 Å². The fraction of sp³-hybridized carbons (Fsp3) is 0.500. The third-order valence-electron chi connectivity index (χ3n) is 2.43. The fourth-order valence-electron chi connectivity index (χ4n) is 1.51. The summed E-state index contributed by atoms with van der Waals surface area (Å²) in [6, 6.07) is 4.53. The first-order valence-corrected chi connectivity index (χ1v) is 5.27. The van der Waals surface area contributed by atoms with Gasteiger partial charge in [0.1, 0.15) is 11.6 Å². The second-order valence-electron chi connectivity index (χ2n) is 3.67. The molecule has 0 radical (unpaired) electrons. The van der Waals surface area contributed by atoms with Gasteiger partial charge in [0, 0.05) is 12.1 Å². The van der Waals surface area contributed by atoms with Crippen LogP contribution in [0.1, 0.15) is 37.8 Å². The molecule has 0 amide bonds. The Hall–Kier alpha value is -1.09. The Morgan fingerprint density at radius 2 is 2.13 bits per heavy atom. The molecule has 2 nitrogen and oxygen atoms in total. The topological polar surface area (TPSA) is 35.2 Å². The average Bonchev–Trinajstić information content (AvgIpc) is 2.24. The van der Waals surface area contributed by atoms with Crippen molar-refractivity contribution in [2.75, 3.05) is 7.11 Å². The minimum atomic E-state index is -0.295. The maximum atomic E-state index is 13.2. The van der Waals surface area contributed by atoms with Gasteiger partial charge < -0.3 is 10.5 Å². The Morgan fingerprint density at radius 3 is 2.73 bits per heavy atom. The highest BCUT2D eigenvalue weighted by atomic mass is 19.1. The van der Waals surface area contributed by atoms with E-state index < -0.39 is 0 Å². The van der Waals surface area contributed by atoms with Crippen molar-refractivity contribution in [3.05, 3.63) is 29.6 Å². The van der Waals surface area contributed by atoms with E-state index in [1.807, 2.05) is 0 Å². The summed E-state index contributed by atoms with van der Waals surface area (Å²) in [5, 5.41) is 0. The maximum absolute atomic E-state index is 13.2. The van der Waals surface area contributed by atoms with Gasteiger partial charge in [0.15, 0.2) is 0 Å². The number of halogens is 1. The SMILES string of the molecule is CCCC[C@H](N)c1cc(F)cc(OC)c1. The van der Waals surface area contributed by atoms with Crippen LogP contribution in [0.2, 0.25) is 0 Å².